The Labute approximate surface area is 102 Å². The standard InChI is InChI=1S/C9H15BrN4S/c1-3-7-6-14(5-4-13(7)2)9-12-11-8(10)15-9/h7H,3-6H2,1-2H3. The van der Waals surface area contributed by atoms with E-state index in [0.717, 1.165) is 28.7 Å². The predicted molar refractivity (Wildman–Crippen MR) is 66.5 cm³/mol. The summed E-state index contributed by atoms with van der Waals surface area (Å²) >= 11 is 4.96. The molecule has 0 saturated carbocycles. The van der Waals surface area contributed by atoms with Crippen LogP contribution in [0.1, 0.15) is 13.3 Å². The van der Waals surface area contributed by atoms with Gasteiger partial charge in [0.15, 0.2) is 3.92 Å². The Morgan fingerprint density at radius 1 is 1.47 bits per heavy atom. The average molecular weight is 291 g/mol. The lowest BCUT2D eigenvalue weighted by Gasteiger charge is -2.38. The quantitative estimate of drug-likeness (QED) is 0.832. The third-order valence-electron chi connectivity index (χ3n) is 2.91. The number of piperazine rings is 1. The first-order valence-corrected chi connectivity index (χ1v) is 6.76. The molecule has 6 heteroatoms. The van der Waals surface area contributed by atoms with Gasteiger partial charge in [0.05, 0.1) is 0 Å². The zero-order valence-electron chi connectivity index (χ0n) is 8.98. The third-order valence-corrected chi connectivity index (χ3v) is 4.33. The maximum atomic E-state index is 4.16. The molecule has 0 amide bonds. The predicted octanol–water partition coefficient (Wildman–Crippen LogP) is 1.83. The topological polar surface area (TPSA) is 32.3 Å². The summed E-state index contributed by atoms with van der Waals surface area (Å²) < 4.78 is 0.865. The van der Waals surface area contributed by atoms with Crippen molar-refractivity contribution >= 4 is 32.4 Å². The zero-order valence-corrected chi connectivity index (χ0v) is 11.4. The molecule has 0 aromatic carbocycles. The SMILES string of the molecule is CCC1CN(c2nnc(Br)s2)CCN1C. The van der Waals surface area contributed by atoms with Gasteiger partial charge in [-0.2, -0.15) is 0 Å². The second-order valence-electron chi connectivity index (χ2n) is 3.83. The Morgan fingerprint density at radius 3 is 2.87 bits per heavy atom. The van der Waals surface area contributed by atoms with Gasteiger partial charge in [0.1, 0.15) is 0 Å². The molecular formula is C9H15BrN4S. The van der Waals surface area contributed by atoms with Crippen molar-refractivity contribution in [3.05, 3.63) is 3.92 Å². The molecule has 1 aromatic rings. The van der Waals surface area contributed by atoms with Crippen molar-refractivity contribution in [1.82, 2.24) is 15.1 Å². The van der Waals surface area contributed by atoms with E-state index in [0.29, 0.717) is 6.04 Å². The fourth-order valence-electron chi connectivity index (χ4n) is 1.89. The fraction of sp³-hybridized carbons (Fsp3) is 0.778. The summed E-state index contributed by atoms with van der Waals surface area (Å²) in [5.41, 5.74) is 0. The molecule has 0 aliphatic carbocycles. The molecule has 0 spiro atoms. The number of rotatable bonds is 2. The van der Waals surface area contributed by atoms with Crippen molar-refractivity contribution in [3.63, 3.8) is 0 Å². The Morgan fingerprint density at radius 2 is 2.27 bits per heavy atom. The molecule has 1 aliphatic heterocycles. The van der Waals surface area contributed by atoms with Crippen LogP contribution in [-0.2, 0) is 0 Å². The summed E-state index contributed by atoms with van der Waals surface area (Å²) in [4.78, 5) is 4.75. The van der Waals surface area contributed by atoms with Gasteiger partial charge in [-0.15, -0.1) is 10.2 Å². The lowest BCUT2D eigenvalue weighted by Crippen LogP contribution is -2.51. The summed E-state index contributed by atoms with van der Waals surface area (Å²) in [5.74, 6) is 0. The molecule has 84 valence electrons. The molecule has 2 rings (SSSR count). The van der Waals surface area contributed by atoms with Crippen molar-refractivity contribution in [3.8, 4) is 0 Å². The van der Waals surface area contributed by atoms with Crippen LogP contribution in [0, 0.1) is 0 Å². The van der Waals surface area contributed by atoms with Crippen LogP contribution in [0.25, 0.3) is 0 Å². The number of aromatic nitrogens is 2. The highest BCUT2D eigenvalue weighted by molar-refractivity contribution is 9.11. The van der Waals surface area contributed by atoms with E-state index >= 15 is 0 Å². The molecule has 0 bridgehead atoms. The molecule has 15 heavy (non-hydrogen) atoms. The Hall–Kier alpha value is -0.200. The maximum Gasteiger partial charge on any atom is 0.209 e. The van der Waals surface area contributed by atoms with Crippen LogP contribution in [-0.4, -0.2) is 47.8 Å². The minimum Gasteiger partial charge on any atom is -0.344 e. The monoisotopic (exact) mass is 290 g/mol. The highest BCUT2D eigenvalue weighted by Crippen LogP contribution is 2.26. The first-order chi connectivity index (χ1) is 7.20. The molecular weight excluding hydrogens is 276 g/mol. The van der Waals surface area contributed by atoms with Crippen LogP contribution in [0.3, 0.4) is 0 Å². The first-order valence-electron chi connectivity index (χ1n) is 5.15. The van der Waals surface area contributed by atoms with E-state index in [2.05, 4.69) is 49.9 Å². The highest BCUT2D eigenvalue weighted by atomic mass is 79.9. The van der Waals surface area contributed by atoms with Crippen LogP contribution in [0.15, 0.2) is 3.92 Å². The van der Waals surface area contributed by atoms with Gasteiger partial charge in [-0.05, 0) is 29.4 Å². The van der Waals surface area contributed by atoms with E-state index < -0.39 is 0 Å². The van der Waals surface area contributed by atoms with E-state index in [1.807, 2.05) is 0 Å². The molecule has 1 fully saturated rings. The third kappa shape index (κ3) is 2.49. The van der Waals surface area contributed by atoms with Gasteiger partial charge >= 0.3 is 0 Å². The summed E-state index contributed by atoms with van der Waals surface area (Å²) in [6, 6.07) is 0.640. The fourth-order valence-corrected chi connectivity index (χ4v) is 3.01. The second kappa shape index (κ2) is 4.76. The van der Waals surface area contributed by atoms with E-state index in [-0.39, 0.29) is 0 Å². The summed E-state index contributed by atoms with van der Waals surface area (Å²) in [6.45, 7) is 5.46. The average Bonchev–Trinajstić information content (AvgIpc) is 2.66. The Bertz CT molecular complexity index is 330. The molecule has 0 radical (unpaired) electrons. The van der Waals surface area contributed by atoms with Crippen LogP contribution >= 0.6 is 27.3 Å². The van der Waals surface area contributed by atoms with E-state index in [4.69, 9.17) is 0 Å². The minimum absolute atomic E-state index is 0.640. The van der Waals surface area contributed by atoms with Gasteiger partial charge in [-0.1, -0.05) is 18.3 Å². The smallest absolute Gasteiger partial charge is 0.209 e. The minimum atomic E-state index is 0.640. The van der Waals surface area contributed by atoms with Gasteiger partial charge in [-0.25, -0.2) is 0 Å². The number of nitrogens with zero attached hydrogens (tertiary/aromatic N) is 4. The molecule has 0 N–H and O–H groups in total. The van der Waals surface area contributed by atoms with Gasteiger partial charge in [-0.3, -0.25) is 4.90 Å². The van der Waals surface area contributed by atoms with Gasteiger partial charge < -0.3 is 4.90 Å². The summed E-state index contributed by atoms with van der Waals surface area (Å²) in [5, 5.41) is 9.19. The Balaban J connectivity index is 2.06. The normalized spacial score (nSPS) is 23.4. The largest absolute Gasteiger partial charge is 0.344 e. The molecule has 4 nitrogen and oxygen atoms in total. The van der Waals surface area contributed by atoms with Crippen LogP contribution in [0.4, 0.5) is 5.13 Å². The Kier molecular flexibility index (Phi) is 3.58. The van der Waals surface area contributed by atoms with E-state index in [1.165, 1.54) is 6.42 Å². The zero-order chi connectivity index (χ0) is 10.8. The molecule has 1 aromatic heterocycles. The van der Waals surface area contributed by atoms with E-state index in [9.17, 15) is 0 Å². The molecule has 1 saturated heterocycles. The van der Waals surface area contributed by atoms with E-state index in [1.54, 1.807) is 11.3 Å². The molecule has 1 unspecified atom stereocenters. The van der Waals surface area contributed by atoms with Crippen molar-refractivity contribution in [2.45, 2.75) is 19.4 Å². The van der Waals surface area contributed by atoms with Crippen LogP contribution in [0.5, 0.6) is 0 Å². The number of anilines is 1. The first kappa shape index (κ1) is 11.3. The number of likely N-dealkylation sites (N-methyl/N-ethyl adjacent to an activating group) is 1. The summed E-state index contributed by atoms with van der Waals surface area (Å²) in [7, 11) is 2.20. The molecule has 1 aliphatic rings. The highest BCUT2D eigenvalue weighted by Gasteiger charge is 2.24. The number of hydrogen-bond acceptors (Lipinski definition) is 5. The number of halogens is 1. The lowest BCUT2D eigenvalue weighted by atomic mass is 10.1. The summed E-state index contributed by atoms with van der Waals surface area (Å²) in [6.07, 6.45) is 1.19. The lowest BCUT2D eigenvalue weighted by molar-refractivity contribution is 0.213. The van der Waals surface area contributed by atoms with Crippen molar-refractivity contribution in [2.75, 3.05) is 31.6 Å². The van der Waals surface area contributed by atoms with Crippen LogP contribution < -0.4 is 4.90 Å². The van der Waals surface area contributed by atoms with Crippen molar-refractivity contribution in [2.24, 2.45) is 0 Å². The molecule has 2 heterocycles. The number of hydrogen-bond donors (Lipinski definition) is 0. The second-order valence-corrected chi connectivity index (χ2v) is 6.06. The van der Waals surface area contributed by atoms with Gasteiger partial charge in [0.2, 0.25) is 5.13 Å². The molecule has 1 atom stereocenters. The van der Waals surface area contributed by atoms with Crippen LogP contribution in [0.2, 0.25) is 0 Å². The van der Waals surface area contributed by atoms with Gasteiger partial charge in [0, 0.05) is 25.7 Å². The van der Waals surface area contributed by atoms with Crippen molar-refractivity contribution < 1.29 is 0 Å². The maximum absolute atomic E-state index is 4.16. The van der Waals surface area contributed by atoms with Crippen molar-refractivity contribution in [1.29, 1.82) is 0 Å². The van der Waals surface area contributed by atoms with Gasteiger partial charge in [0.25, 0.3) is 0 Å².